The Kier molecular flexibility index (Phi) is 6.03. The second-order valence-corrected chi connectivity index (χ2v) is 11.0. The first-order chi connectivity index (χ1) is 18.4. The zero-order valence-electron chi connectivity index (χ0n) is 20.6. The molecular formula is C28H26N6O3S. The number of carbonyl (C=O) groups is 3. The van der Waals surface area contributed by atoms with Gasteiger partial charge < -0.3 is 14.8 Å². The third kappa shape index (κ3) is 4.37. The molecule has 1 spiro atoms. The van der Waals surface area contributed by atoms with E-state index in [2.05, 4.69) is 26.8 Å². The summed E-state index contributed by atoms with van der Waals surface area (Å²) in [6, 6.07) is 14.8. The third-order valence-electron chi connectivity index (χ3n) is 7.44. The number of nitrogens with zero attached hydrogens (tertiary/aromatic N) is 4. The van der Waals surface area contributed by atoms with Crippen LogP contribution in [0.25, 0.3) is 11.0 Å². The van der Waals surface area contributed by atoms with Crippen molar-refractivity contribution in [2.45, 2.75) is 25.3 Å². The minimum absolute atomic E-state index is 0.0155. The molecule has 2 N–H and O–H groups in total. The van der Waals surface area contributed by atoms with Crippen LogP contribution in [0.4, 0.5) is 10.9 Å². The molecule has 4 aromatic rings. The van der Waals surface area contributed by atoms with Crippen molar-refractivity contribution in [3.63, 3.8) is 0 Å². The third-order valence-corrected chi connectivity index (χ3v) is 8.44. The van der Waals surface area contributed by atoms with Crippen molar-refractivity contribution in [3.05, 3.63) is 84.0 Å². The Balaban J connectivity index is 1.19. The maximum atomic E-state index is 13.2. The molecule has 6 rings (SSSR count). The molecule has 3 aromatic heterocycles. The number of hydrogen-bond donors (Lipinski definition) is 2. The van der Waals surface area contributed by atoms with Crippen molar-refractivity contribution in [2.24, 2.45) is 5.41 Å². The molecule has 1 aliphatic carbocycles. The standard InChI is InChI=1S/C28H26N6O3S/c1-2-24(35)33-13-11-28(17-33)14-19(15-28)34-21-8-4-3-7-20(21)30-27(34)32-26(37)22-9-10-23(38-22)31-25(36)18-6-5-12-29-16-18/h2-10,12,16,19H,1,11,13-15,17H2,(H,31,36)(H,30,32,37). The van der Waals surface area contributed by atoms with Crippen LogP contribution in [-0.4, -0.2) is 50.2 Å². The Bertz CT molecular complexity index is 1550. The summed E-state index contributed by atoms with van der Waals surface area (Å²) in [5, 5.41) is 6.38. The second kappa shape index (κ2) is 9.53. The zero-order chi connectivity index (χ0) is 26.3. The molecule has 38 heavy (non-hydrogen) atoms. The minimum atomic E-state index is -0.286. The lowest BCUT2D eigenvalue weighted by Gasteiger charge is -2.46. The lowest BCUT2D eigenvalue weighted by Crippen LogP contribution is -2.42. The number of pyridine rings is 1. The molecule has 1 saturated carbocycles. The summed E-state index contributed by atoms with van der Waals surface area (Å²) in [7, 11) is 0. The smallest absolute Gasteiger partial charge is 0.268 e. The predicted octanol–water partition coefficient (Wildman–Crippen LogP) is 4.74. The molecule has 1 aliphatic heterocycles. The number of nitrogens with one attached hydrogen (secondary N) is 2. The molecular weight excluding hydrogens is 500 g/mol. The lowest BCUT2D eigenvalue weighted by molar-refractivity contribution is -0.125. The van der Waals surface area contributed by atoms with Gasteiger partial charge in [0.2, 0.25) is 11.9 Å². The fourth-order valence-electron chi connectivity index (χ4n) is 5.58. The summed E-state index contributed by atoms with van der Waals surface area (Å²) < 4.78 is 2.12. The van der Waals surface area contributed by atoms with Crippen molar-refractivity contribution in [1.82, 2.24) is 19.4 Å². The fraction of sp³-hybridized carbons (Fsp3) is 0.250. The molecule has 0 radical (unpaired) electrons. The number of imidazole rings is 1. The van der Waals surface area contributed by atoms with Crippen molar-refractivity contribution in [3.8, 4) is 0 Å². The van der Waals surface area contributed by atoms with Gasteiger partial charge in [0.25, 0.3) is 11.8 Å². The number of hydrogen-bond acceptors (Lipinski definition) is 6. The molecule has 0 bridgehead atoms. The average molecular weight is 527 g/mol. The van der Waals surface area contributed by atoms with Gasteiger partial charge in [-0.05, 0) is 67.2 Å². The van der Waals surface area contributed by atoms with Crippen LogP contribution in [0.2, 0.25) is 0 Å². The van der Waals surface area contributed by atoms with Gasteiger partial charge in [0, 0.05) is 31.5 Å². The van der Waals surface area contributed by atoms with E-state index in [1.54, 1.807) is 30.5 Å². The van der Waals surface area contributed by atoms with Crippen LogP contribution in [0.15, 0.2) is 73.6 Å². The highest BCUT2D eigenvalue weighted by Crippen LogP contribution is 2.55. The number of fused-ring (bicyclic) bond motifs is 1. The molecule has 4 heterocycles. The predicted molar refractivity (Wildman–Crippen MR) is 146 cm³/mol. The molecule has 1 aromatic carbocycles. The summed E-state index contributed by atoms with van der Waals surface area (Å²) in [5.74, 6) is -0.0836. The highest BCUT2D eigenvalue weighted by Gasteiger charge is 2.50. The van der Waals surface area contributed by atoms with Crippen LogP contribution in [0.1, 0.15) is 45.3 Å². The number of rotatable bonds is 6. The van der Waals surface area contributed by atoms with Crippen LogP contribution in [-0.2, 0) is 4.79 Å². The van der Waals surface area contributed by atoms with E-state index in [9.17, 15) is 14.4 Å². The van der Waals surface area contributed by atoms with Crippen LogP contribution in [0.3, 0.4) is 0 Å². The Morgan fingerprint density at radius 1 is 1.05 bits per heavy atom. The molecule has 2 aliphatic rings. The Hall–Kier alpha value is -4.31. The normalized spacial score (nSPS) is 20.3. The molecule has 192 valence electrons. The fourth-order valence-corrected chi connectivity index (χ4v) is 6.38. The quantitative estimate of drug-likeness (QED) is 0.353. The molecule has 2 fully saturated rings. The largest absolute Gasteiger partial charge is 0.339 e. The Morgan fingerprint density at radius 3 is 2.68 bits per heavy atom. The van der Waals surface area contributed by atoms with Gasteiger partial charge in [-0.3, -0.25) is 24.7 Å². The number of amides is 3. The molecule has 1 saturated heterocycles. The molecule has 10 heteroatoms. The van der Waals surface area contributed by atoms with E-state index in [0.29, 0.717) is 21.4 Å². The monoisotopic (exact) mass is 526 g/mol. The van der Waals surface area contributed by atoms with Crippen LogP contribution >= 0.6 is 11.3 Å². The van der Waals surface area contributed by atoms with Crippen molar-refractivity contribution in [1.29, 1.82) is 0 Å². The van der Waals surface area contributed by atoms with E-state index < -0.39 is 0 Å². The van der Waals surface area contributed by atoms with E-state index in [0.717, 1.165) is 43.4 Å². The molecule has 0 atom stereocenters. The minimum Gasteiger partial charge on any atom is -0.339 e. The maximum absolute atomic E-state index is 13.2. The van der Waals surface area contributed by atoms with Gasteiger partial charge in [-0.15, -0.1) is 11.3 Å². The summed E-state index contributed by atoms with van der Waals surface area (Å²) >= 11 is 1.20. The van der Waals surface area contributed by atoms with E-state index in [4.69, 9.17) is 4.98 Å². The number of benzene rings is 1. The van der Waals surface area contributed by atoms with Crippen LogP contribution in [0.5, 0.6) is 0 Å². The van der Waals surface area contributed by atoms with E-state index in [-0.39, 0.29) is 29.2 Å². The van der Waals surface area contributed by atoms with Crippen LogP contribution < -0.4 is 10.6 Å². The van der Waals surface area contributed by atoms with E-state index >= 15 is 0 Å². The average Bonchev–Trinajstić information content (AvgIpc) is 3.65. The van der Waals surface area contributed by atoms with Gasteiger partial charge in [0.1, 0.15) is 0 Å². The summed E-state index contributed by atoms with van der Waals surface area (Å²) in [6.45, 7) is 5.11. The summed E-state index contributed by atoms with van der Waals surface area (Å²) in [6.07, 6.45) is 7.29. The number of thiophene rings is 1. The molecule has 0 unspecified atom stereocenters. The molecule has 9 nitrogen and oxygen atoms in total. The van der Waals surface area contributed by atoms with Gasteiger partial charge >= 0.3 is 0 Å². The van der Waals surface area contributed by atoms with Crippen molar-refractivity contribution in [2.75, 3.05) is 23.7 Å². The Morgan fingerprint density at radius 2 is 1.89 bits per heavy atom. The first-order valence-electron chi connectivity index (χ1n) is 12.5. The number of anilines is 2. The van der Waals surface area contributed by atoms with E-state index in [1.165, 1.54) is 23.6 Å². The number of para-hydroxylation sites is 2. The maximum Gasteiger partial charge on any atom is 0.268 e. The van der Waals surface area contributed by atoms with E-state index in [1.807, 2.05) is 29.2 Å². The Labute approximate surface area is 223 Å². The number of likely N-dealkylation sites (tertiary alicyclic amines) is 1. The lowest BCUT2D eigenvalue weighted by atomic mass is 9.65. The topological polar surface area (TPSA) is 109 Å². The zero-order valence-corrected chi connectivity index (χ0v) is 21.4. The molecule has 3 amide bonds. The highest BCUT2D eigenvalue weighted by atomic mass is 32.1. The van der Waals surface area contributed by atoms with Gasteiger partial charge in [-0.1, -0.05) is 18.7 Å². The summed E-state index contributed by atoms with van der Waals surface area (Å²) in [4.78, 5) is 48.8. The first-order valence-corrected chi connectivity index (χ1v) is 13.3. The number of carbonyl (C=O) groups excluding carboxylic acids is 3. The number of aromatic nitrogens is 3. The van der Waals surface area contributed by atoms with Gasteiger partial charge in [-0.25, -0.2) is 4.98 Å². The highest BCUT2D eigenvalue weighted by molar-refractivity contribution is 7.18. The van der Waals surface area contributed by atoms with Gasteiger partial charge in [0.15, 0.2) is 0 Å². The summed E-state index contributed by atoms with van der Waals surface area (Å²) in [5.41, 5.74) is 2.33. The van der Waals surface area contributed by atoms with Crippen molar-refractivity contribution >= 4 is 51.0 Å². The SMILES string of the molecule is C=CC(=O)N1CCC2(CC(n3c(NC(=O)c4ccc(NC(=O)c5cccnc5)s4)nc4ccccc43)C2)C1. The van der Waals surface area contributed by atoms with Gasteiger partial charge in [0.05, 0.1) is 26.5 Å². The first kappa shape index (κ1) is 24.1. The second-order valence-electron chi connectivity index (χ2n) is 9.88. The van der Waals surface area contributed by atoms with Crippen molar-refractivity contribution < 1.29 is 14.4 Å². The van der Waals surface area contributed by atoms with Gasteiger partial charge in [-0.2, -0.15) is 0 Å². The van der Waals surface area contributed by atoms with Crippen LogP contribution in [0, 0.1) is 5.41 Å².